The van der Waals surface area contributed by atoms with Crippen molar-refractivity contribution in [3.63, 3.8) is 0 Å². The molecule has 0 aliphatic carbocycles. The minimum absolute atomic E-state index is 0.0810. The fourth-order valence-electron chi connectivity index (χ4n) is 2.02. The first-order chi connectivity index (χ1) is 9.83. The zero-order chi connectivity index (χ0) is 14.2. The Morgan fingerprint density at radius 1 is 1.05 bits per heavy atom. The highest BCUT2D eigenvalue weighted by Crippen LogP contribution is 2.20. The van der Waals surface area contributed by atoms with E-state index in [4.69, 9.17) is 14.6 Å². The Bertz CT molecular complexity index is 499. The van der Waals surface area contributed by atoms with Gasteiger partial charge in [0.1, 0.15) is 0 Å². The molecule has 108 valence electrons. The van der Waals surface area contributed by atoms with Crippen LogP contribution in [-0.4, -0.2) is 46.4 Å². The molecule has 0 bridgehead atoms. The van der Waals surface area contributed by atoms with E-state index in [0.29, 0.717) is 31.9 Å². The molecule has 0 spiro atoms. The Morgan fingerprint density at radius 3 is 2.55 bits per heavy atom. The second kappa shape index (κ2) is 7.79. The summed E-state index contributed by atoms with van der Waals surface area (Å²) in [6.45, 7) is 2.01. The van der Waals surface area contributed by atoms with Gasteiger partial charge in [0, 0.05) is 25.3 Å². The van der Waals surface area contributed by atoms with Crippen molar-refractivity contribution in [1.29, 1.82) is 0 Å². The molecule has 5 nitrogen and oxygen atoms in total. The van der Waals surface area contributed by atoms with Crippen LogP contribution in [0.25, 0.3) is 11.3 Å². The SMILES string of the molecule is OCCCN(CCO)Cc1ncc(-c2ccccc2)o1. The van der Waals surface area contributed by atoms with E-state index in [1.54, 1.807) is 6.20 Å². The lowest BCUT2D eigenvalue weighted by atomic mass is 10.2. The van der Waals surface area contributed by atoms with Crippen LogP contribution in [0.5, 0.6) is 0 Å². The highest BCUT2D eigenvalue weighted by molar-refractivity contribution is 5.55. The van der Waals surface area contributed by atoms with Gasteiger partial charge in [-0.3, -0.25) is 4.90 Å². The predicted molar refractivity (Wildman–Crippen MR) is 76.0 cm³/mol. The van der Waals surface area contributed by atoms with E-state index in [0.717, 1.165) is 11.3 Å². The smallest absolute Gasteiger partial charge is 0.209 e. The Morgan fingerprint density at radius 2 is 1.85 bits per heavy atom. The number of rotatable bonds is 8. The summed E-state index contributed by atoms with van der Waals surface area (Å²) in [5.41, 5.74) is 0.996. The summed E-state index contributed by atoms with van der Waals surface area (Å²) in [4.78, 5) is 6.28. The van der Waals surface area contributed by atoms with Gasteiger partial charge in [0.2, 0.25) is 5.89 Å². The van der Waals surface area contributed by atoms with Crippen LogP contribution < -0.4 is 0 Å². The van der Waals surface area contributed by atoms with E-state index in [9.17, 15) is 0 Å². The molecule has 0 saturated heterocycles. The molecule has 5 heteroatoms. The maximum Gasteiger partial charge on any atom is 0.209 e. The maximum absolute atomic E-state index is 9.04. The van der Waals surface area contributed by atoms with E-state index in [1.807, 2.05) is 35.2 Å². The van der Waals surface area contributed by atoms with Gasteiger partial charge < -0.3 is 14.6 Å². The second-order valence-corrected chi connectivity index (χ2v) is 4.56. The summed E-state index contributed by atoms with van der Waals surface area (Å²) < 4.78 is 5.73. The molecular weight excluding hydrogens is 256 g/mol. The van der Waals surface area contributed by atoms with Crippen molar-refractivity contribution in [3.8, 4) is 11.3 Å². The van der Waals surface area contributed by atoms with Crippen molar-refractivity contribution >= 4 is 0 Å². The van der Waals surface area contributed by atoms with Crippen molar-refractivity contribution in [1.82, 2.24) is 9.88 Å². The Balaban J connectivity index is 2.00. The van der Waals surface area contributed by atoms with Gasteiger partial charge in [0.15, 0.2) is 5.76 Å². The minimum atomic E-state index is 0.0810. The van der Waals surface area contributed by atoms with Crippen molar-refractivity contribution in [2.24, 2.45) is 0 Å². The molecule has 2 rings (SSSR count). The number of hydrogen-bond acceptors (Lipinski definition) is 5. The minimum Gasteiger partial charge on any atom is -0.439 e. The van der Waals surface area contributed by atoms with Crippen LogP contribution in [0.4, 0.5) is 0 Å². The summed E-state index contributed by atoms with van der Waals surface area (Å²) in [5.74, 6) is 1.36. The summed E-state index contributed by atoms with van der Waals surface area (Å²) in [5, 5.41) is 17.9. The lowest BCUT2D eigenvalue weighted by molar-refractivity contribution is 0.164. The van der Waals surface area contributed by atoms with Gasteiger partial charge >= 0.3 is 0 Å². The van der Waals surface area contributed by atoms with E-state index in [2.05, 4.69) is 4.98 Å². The molecule has 0 saturated carbocycles. The fraction of sp³-hybridized carbons (Fsp3) is 0.400. The van der Waals surface area contributed by atoms with Crippen LogP contribution in [-0.2, 0) is 6.54 Å². The van der Waals surface area contributed by atoms with Gasteiger partial charge in [0.05, 0.1) is 19.3 Å². The third kappa shape index (κ3) is 4.16. The van der Waals surface area contributed by atoms with Gasteiger partial charge in [-0.15, -0.1) is 0 Å². The van der Waals surface area contributed by atoms with E-state index >= 15 is 0 Å². The lowest BCUT2D eigenvalue weighted by Crippen LogP contribution is -2.28. The predicted octanol–water partition coefficient (Wildman–Crippen LogP) is 1.52. The van der Waals surface area contributed by atoms with Gasteiger partial charge in [0.25, 0.3) is 0 Å². The van der Waals surface area contributed by atoms with Gasteiger partial charge in [-0.1, -0.05) is 30.3 Å². The number of aromatic nitrogens is 1. The van der Waals surface area contributed by atoms with Crippen molar-refractivity contribution in [2.75, 3.05) is 26.3 Å². The molecule has 1 heterocycles. The molecule has 0 amide bonds. The molecule has 0 aliphatic rings. The summed E-state index contributed by atoms with van der Waals surface area (Å²) in [7, 11) is 0. The largest absolute Gasteiger partial charge is 0.439 e. The first kappa shape index (κ1) is 14.7. The summed E-state index contributed by atoms with van der Waals surface area (Å²) >= 11 is 0. The van der Waals surface area contributed by atoms with E-state index in [-0.39, 0.29) is 13.2 Å². The molecule has 0 aliphatic heterocycles. The average Bonchev–Trinajstić information content (AvgIpc) is 2.94. The van der Waals surface area contributed by atoms with Crippen molar-refractivity contribution in [2.45, 2.75) is 13.0 Å². The van der Waals surface area contributed by atoms with Crippen LogP contribution in [0.1, 0.15) is 12.3 Å². The Hall–Kier alpha value is -1.69. The zero-order valence-corrected chi connectivity index (χ0v) is 11.4. The monoisotopic (exact) mass is 276 g/mol. The van der Waals surface area contributed by atoms with Crippen LogP contribution in [0, 0.1) is 0 Å². The number of benzene rings is 1. The van der Waals surface area contributed by atoms with Crippen LogP contribution in [0.3, 0.4) is 0 Å². The van der Waals surface area contributed by atoms with Crippen molar-refractivity contribution in [3.05, 3.63) is 42.4 Å². The molecule has 20 heavy (non-hydrogen) atoms. The molecule has 0 atom stereocenters. The summed E-state index contributed by atoms with van der Waals surface area (Å²) in [6, 6.07) is 9.81. The third-order valence-corrected chi connectivity index (χ3v) is 3.02. The Labute approximate surface area is 118 Å². The first-order valence-electron chi connectivity index (χ1n) is 6.77. The quantitative estimate of drug-likeness (QED) is 0.765. The number of nitrogens with zero attached hydrogens (tertiary/aromatic N) is 2. The van der Waals surface area contributed by atoms with Gasteiger partial charge in [-0.05, 0) is 6.42 Å². The molecule has 0 fully saturated rings. The molecule has 2 N–H and O–H groups in total. The second-order valence-electron chi connectivity index (χ2n) is 4.56. The topological polar surface area (TPSA) is 69.7 Å². The lowest BCUT2D eigenvalue weighted by Gasteiger charge is -2.18. The van der Waals surface area contributed by atoms with E-state index < -0.39 is 0 Å². The number of hydrogen-bond donors (Lipinski definition) is 2. The molecular formula is C15H20N2O3. The average molecular weight is 276 g/mol. The van der Waals surface area contributed by atoms with Gasteiger partial charge in [-0.25, -0.2) is 4.98 Å². The standard InChI is InChI=1S/C15H20N2O3/c18-9-4-7-17(8-10-19)12-15-16-11-14(20-15)13-5-2-1-3-6-13/h1-3,5-6,11,18-19H,4,7-10,12H2. The van der Waals surface area contributed by atoms with Crippen molar-refractivity contribution < 1.29 is 14.6 Å². The highest BCUT2D eigenvalue weighted by Gasteiger charge is 2.11. The first-order valence-corrected chi connectivity index (χ1v) is 6.77. The molecule has 1 aromatic heterocycles. The molecule has 0 radical (unpaired) electrons. The van der Waals surface area contributed by atoms with Crippen LogP contribution >= 0.6 is 0 Å². The summed E-state index contributed by atoms with van der Waals surface area (Å²) in [6.07, 6.45) is 2.39. The maximum atomic E-state index is 9.04. The Kier molecular flexibility index (Phi) is 5.73. The van der Waals surface area contributed by atoms with Crippen LogP contribution in [0.15, 0.2) is 40.9 Å². The van der Waals surface area contributed by atoms with E-state index in [1.165, 1.54) is 0 Å². The molecule has 0 unspecified atom stereocenters. The fourth-order valence-corrected chi connectivity index (χ4v) is 2.02. The van der Waals surface area contributed by atoms with Crippen LogP contribution in [0.2, 0.25) is 0 Å². The van der Waals surface area contributed by atoms with Gasteiger partial charge in [-0.2, -0.15) is 0 Å². The molecule has 1 aromatic carbocycles. The number of aliphatic hydroxyl groups is 2. The zero-order valence-electron chi connectivity index (χ0n) is 11.4. The third-order valence-electron chi connectivity index (χ3n) is 3.02. The number of aliphatic hydroxyl groups excluding tert-OH is 2. The molecule has 2 aromatic rings. The number of oxazole rings is 1. The normalized spacial score (nSPS) is 11.2. The highest BCUT2D eigenvalue weighted by atomic mass is 16.4.